The van der Waals surface area contributed by atoms with Crippen LogP contribution in [0.4, 0.5) is 5.69 Å². The molecule has 0 aromatic heterocycles. The Morgan fingerprint density at radius 2 is 1.14 bits per heavy atom. The molecular formula is C28H20N2O6. The Morgan fingerprint density at radius 1 is 0.639 bits per heavy atom. The van der Waals surface area contributed by atoms with E-state index in [1.165, 1.54) is 7.05 Å². The van der Waals surface area contributed by atoms with Crippen LogP contribution in [0.1, 0.15) is 47.0 Å². The zero-order valence-corrected chi connectivity index (χ0v) is 19.3. The quantitative estimate of drug-likeness (QED) is 0.265. The smallest absolute Gasteiger partial charge is 0.336 e. The Kier molecular flexibility index (Phi) is 5.29. The summed E-state index contributed by atoms with van der Waals surface area (Å²) < 4.78 is 0. The predicted octanol–water partition coefficient (Wildman–Crippen LogP) is 4.90. The zero-order valence-electron chi connectivity index (χ0n) is 19.3. The number of benzene rings is 5. The number of hydrogen-bond donors (Lipinski definition) is 4. The normalized spacial score (nSPS) is 11.2. The van der Waals surface area contributed by atoms with Crippen LogP contribution in [0.3, 0.4) is 0 Å². The van der Waals surface area contributed by atoms with Crippen LogP contribution in [-0.2, 0) is 0 Å². The maximum Gasteiger partial charge on any atom is 0.336 e. The molecule has 0 bridgehead atoms. The number of aromatic carboxylic acids is 2. The van der Waals surface area contributed by atoms with Gasteiger partial charge in [-0.25, -0.2) is 9.59 Å². The fraction of sp³-hybridized carbons (Fsp3) is 0.0714. The molecule has 5 aromatic carbocycles. The minimum absolute atomic E-state index is 0.350. The van der Waals surface area contributed by atoms with Gasteiger partial charge in [0.25, 0.3) is 11.8 Å². The summed E-state index contributed by atoms with van der Waals surface area (Å²) in [5, 5.41) is 30.3. The summed E-state index contributed by atoms with van der Waals surface area (Å²) >= 11 is 0. The van der Waals surface area contributed by atoms with Crippen molar-refractivity contribution in [2.24, 2.45) is 0 Å². The molecule has 2 amide bonds. The van der Waals surface area contributed by atoms with Gasteiger partial charge in [0.2, 0.25) is 0 Å². The fourth-order valence-electron chi connectivity index (χ4n) is 4.71. The first-order valence-electron chi connectivity index (χ1n) is 11.1. The highest BCUT2D eigenvalue weighted by Crippen LogP contribution is 2.39. The van der Waals surface area contributed by atoms with E-state index < -0.39 is 34.9 Å². The fourth-order valence-corrected chi connectivity index (χ4v) is 4.71. The molecule has 8 heteroatoms. The van der Waals surface area contributed by atoms with Crippen LogP contribution in [0, 0.1) is 6.92 Å². The Morgan fingerprint density at radius 3 is 1.72 bits per heavy atom. The van der Waals surface area contributed by atoms with Gasteiger partial charge in [-0.05, 0) is 57.6 Å². The summed E-state index contributed by atoms with van der Waals surface area (Å²) in [5.41, 5.74) is -0.104. The summed E-state index contributed by atoms with van der Waals surface area (Å²) in [4.78, 5) is 49.2. The van der Waals surface area contributed by atoms with Crippen molar-refractivity contribution in [2.45, 2.75) is 6.92 Å². The van der Waals surface area contributed by atoms with E-state index in [0.717, 1.165) is 50.0 Å². The Hall–Kier alpha value is -4.98. The standard InChI is InChI=1S/C28H20N2O6/c1-13-3-4-14-6-9-17-22(10-7-15-5-8-16(13)23(14)24(15)17)30-26(32)19-12-20(27(33)34)18(25(31)29-2)11-21(19)28(35)36/h3-12H,1-2H3,(H,29,31)(H,30,32)(H,33,34)(H,35,36). The largest absolute Gasteiger partial charge is 0.478 e. The van der Waals surface area contributed by atoms with E-state index in [1.807, 2.05) is 37.3 Å². The molecule has 0 aliphatic heterocycles. The molecular weight excluding hydrogens is 460 g/mol. The molecule has 0 fully saturated rings. The van der Waals surface area contributed by atoms with E-state index >= 15 is 0 Å². The summed E-state index contributed by atoms with van der Waals surface area (Å²) in [6.45, 7) is 2.03. The average Bonchev–Trinajstić information content (AvgIpc) is 2.87. The number of carboxylic acids is 2. The third kappa shape index (κ3) is 3.47. The topological polar surface area (TPSA) is 133 Å². The van der Waals surface area contributed by atoms with E-state index in [2.05, 4.69) is 22.8 Å². The molecule has 0 spiro atoms. The number of carboxylic acid groups (broad SMARTS) is 2. The van der Waals surface area contributed by atoms with Crippen molar-refractivity contribution in [2.75, 3.05) is 12.4 Å². The lowest BCUT2D eigenvalue weighted by Gasteiger charge is -2.16. The number of carbonyl (C=O) groups is 4. The number of aryl methyl sites for hydroxylation is 1. The third-order valence-electron chi connectivity index (χ3n) is 6.47. The van der Waals surface area contributed by atoms with Crippen molar-refractivity contribution in [3.63, 3.8) is 0 Å². The summed E-state index contributed by atoms with van der Waals surface area (Å²) in [6, 6.07) is 17.5. The van der Waals surface area contributed by atoms with Gasteiger partial charge in [-0.1, -0.05) is 42.5 Å². The molecule has 0 heterocycles. The summed E-state index contributed by atoms with van der Waals surface area (Å²) in [7, 11) is 1.30. The highest BCUT2D eigenvalue weighted by Gasteiger charge is 2.26. The summed E-state index contributed by atoms with van der Waals surface area (Å²) in [5.74, 6) is -4.50. The zero-order chi connectivity index (χ0) is 25.7. The predicted molar refractivity (Wildman–Crippen MR) is 137 cm³/mol. The van der Waals surface area contributed by atoms with Crippen LogP contribution in [-0.4, -0.2) is 41.0 Å². The molecule has 178 valence electrons. The average molecular weight is 480 g/mol. The number of nitrogens with one attached hydrogen (secondary N) is 2. The highest BCUT2D eigenvalue weighted by atomic mass is 16.4. The maximum absolute atomic E-state index is 13.3. The number of rotatable bonds is 5. The highest BCUT2D eigenvalue weighted by molar-refractivity contribution is 6.27. The molecule has 0 unspecified atom stereocenters. The van der Waals surface area contributed by atoms with Crippen LogP contribution in [0.15, 0.2) is 60.7 Å². The van der Waals surface area contributed by atoms with E-state index in [9.17, 15) is 29.4 Å². The van der Waals surface area contributed by atoms with E-state index in [-0.39, 0.29) is 11.1 Å². The molecule has 0 saturated carbocycles. The molecule has 5 rings (SSSR count). The molecule has 0 radical (unpaired) electrons. The van der Waals surface area contributed by atoms with Gasteiger partial charge < -0.3 is 20.8 Å². The number of anilines is 1. The van der Waals surface area contributed by atoms with E-state index in [4.69, 9.17) is 0 Å². The first-order chi connectivity index (χ1) is 17.2. The molecule has 0 aliphatic rings. The van der Waals surface area contributed by atoms with Gasteiger partial charge in [0.05, 0.1) is 22.3 Å². The van der Waals surface area contributed by atoms with Gasteiger partial charge in [-0.15, -0.1) is 0 Å². The number of amides is 2. The van der Waals surface area contributed by atoms with Gasteiger partial charge in [-0.3, -0.25) is 9.59 Å². The van der Waals surface area contributed by atoms with Crippen LogP contribution >= 0.6 is 0 Å². The monoisotopic (exact) mass is 480 g/mol. The van der Waals surface area contributed by atoms with E-state index in [1.54, 1.807) is 6.07 Å². The lowest BCUT2D eigenvalue weighted by atomic mass is 9.91. The second-order valence-corrected chi connectivity index (χ2v) is 8.50. The van der Waals surface area contributed by atoms with Gasteiger partial charge in [0.1, 0.15) is 0 Å². The van der Waals surface area contributed by atoms with Crippen LogP contribution < -0.4 is 10.6 Å². The minimum atomic E-state index is -1.46. The second kappa shape index (κ2) is 8.35. The van der Waals surface area contributed by atoms with Crippen molar-refractivity contribution >= 4 is 61.8 Å². The molecule has 0 aliphatic carbocycles. The third-order valence-corrected chi connectivity index (χ3v) is 6.47. The van der Waals surface area contributed by atoms with Crippen LogP contribution in [0.25, 0.3) is 32.3 Å². The van der Waals surface area contributed by atoms with Crippen LogP contribution in [0.5, 0.6) is 0 Å². The molecule has 5 aromatic rings. The van der Waals surface area contributed by atoms with Gasteiger partial charge in [-0.2, -0.15) is 0 Å². The Labute approximate surface area is 204 Å². The first-order valence-corrected chi connectivity index (χ1v) is 11.1. The van der Waals surface area contributed by atoms with Crippen molar-refractivity contribution < 1.29 is 29.4 Å². The minimum Gasteiger partial charge on any atom is -0.478 e. The Balaban J connectivity index is 1.67. The molecule has 0 atom stereocenters. The Bertz CT molecular complexity index is 1750. The van der Waals surface area contributed by atoms with Crippen LogP contribution in [0.2, 0.25) is 0 Å². The van der Waals surface area contributed by atoms with Crippen molar-refractivity contribution in [1.82, 2.24) is 5.32 Å². The number of hydrogen-bond acceptors (Lipinski definition) is 4. The van der Waals surface area contributed by atoms with Gasteiger partial charge in [0.15, 0.2) is 0 Å². The van der Waals surface area contributed by atoms with Gasteiger partial charge in [0, 0.05) is 18.1 Å². The molecule has 8 nitrogen and oxygen atoms in total. The summed E-state index contributed by atoms with van der Waals surface area (Å²) in [6.07, 6.45) is 0. The second-order valence-electron chi connectivity index (χ2n) is 8.50. The van der Waals surface area contributed by atoms with E-state index in [0.29, 0.717) is 5.69 Å². The van der Waals surface area contributed by atoms with Crippen molar-refractivity contribution in [1.29, 1.82) is 0 Å². The molecule has 36 heavy (non-hydrogen) atoms. The maximum atomic E-state index is 13.3. The van der Waals surface area contributed by atoms with Crippen molar-refractivity contribution in [3.05, 3.63) is 88.5 Å². The lowest BCUT2D eigenvalue weighted by molar-refractivity contribution is 0.0676. The van der Waals surface area contributed by atoms with Crippen molar-refractivity contribution in [3.8, 4) is 0 Å². The SMILES string of the molecule is CNC(=O)c1cc(C(=O)O)c(C(=O)Nc2ccc3ccc4c(C)ccc5ccc2c3c54)cc1C(=O)O. The molecule has 4 N–H and O–H groups in total. The number of carbonyl (C=O) groups excluding carboxylic acids is 2. The first kappa shape index (κ1) is 22.8. The van der Waals surface area contributed by atoms with Gasteiger partial charge >= 0.3 is 11.9 Å². The lowest BCUT2D eigenvalue weighted by Crippen LogP contribution is -2.24. The molecule has 0 saturated heterocycles.